The molecule has 0 bridgehead atoms. The molecule has 9 heteroatoms. The summed E-state index contributed by atoms with van der Waals surface area (Å²) in [4.78, 5) is 28.0. The van der Waals surface area contributed by atoms with Gasteiger partial charge >= 0.3 is 0 Å². The van der Waals surface area contributed by atoms with E-state index in [1.807, 2.05) is 25.1 Å². The number of amides is 1. The third-order valence-corrected chi connectivity index (χ3v) is 3.53. The Hall–Kier alpha value is -3.62. The third kappa shape index (κ3) is 5.43. The van der Waals surface area contributed by atoms with Crippen LogP contribution in [0.5, 0.6) is 0 Å². The first kappa shape index (κ1) is 18.2. The first-order chi connectivity index (χ1) is 13.1. The maximum absolute atomic E-state index is 12.8. The van der Waals surface area contributed by atoms with E-state index in [1.54, 1.807) is 6.20 Å². The van der Waals surface area contributed by atoms with Gasteiger partial charge in [-0.15, -0.1) is 0 Å². The molecule has 0 aliphatic heterocycles. The number of aromatic nitrogens is 4. The third-order valence-electron chi connectivity index (χ3n) is 3.53. The molecular weight excluding hydrogens is 349 g/mol. The highest BCUT2D eigenvalue weighted by atomic mass is 19.1. The molecule has 0 aliphatic carbocycles. The van der Waals surface area contributed by atoms with Crippen LogP contribution < -0.4 is 16.0 Å². The minimum absolute atomic E-state index is 0.0535. The topological polar surface area (TPSA) is 105 Å². The van der Waals surface area contributed by atoms with Crippen molar-refractivity contribution in [2.75, 3.05) is 22.5 Å². The summed E-state index contributed by atoms with van der Waals surface area (Å²) in [5.74, 6) is 0.170. The Balaban J connectivity index is 1.50. The van der Waals surface area contributed by atoms with Crippen LogP contribution in [0.4, 0.5) is 21.8 Å². The van der Waals surface area contributed by atoms with Crippen LogP contribution in [0.2, 0.25) is 0 Å². The highest BCUT2D eigenvalue weighted by molar-refractivity contribution is 6.03. The molecule has 0 aromatic carbocycles. The zero-order valence-corrected chi connectivity index (χ0v) is 14.6. The number of rotatable bonds is 7. The van der Waals surface area contributed by atoms with Crippen molar-refractivity contribution in [1.82, 2.24) is 19.9 Å². The number of hydrogen-bond acceptors (Lipinski definition) is 7. The number of carbonyl (C=O) groups excluding carboxylic acids is 1. The quantitative estimate of drug-likeness (QED) is 0.551. The SMILES string of the molecule is C[C@@H](CNc1ccccn1)Nc1ncc(NC(=O)c2ccc(F)nc2)cn1. The van der Waals surface area contributed by atoms with E-state index in [0.717, 1.165) is 18.1 Å². The van der Waals surface area contributed by atoms with E-state index in [9.17, 15) is 9.18 Å². The average molecular weight is 367 g/mol. The summed E-state index contributed by atoms with van der Waals surface area (Å²) in [5.41, 5.74) is 0.668. The molecule has 1 atom stereocenters. The van der Waals surface area contributed by atoms with Crippen molar-refractivity contribution in [3.8, 4) is 0 Å². The second-order valence-corrected chi connectivity index (χ2v) is 5.76. The average Bonchev–Trinajstić information content (AvgIpc) is 2.69. The van der Waals surface area contributed by atoms with Gasteiger partial charge in [0.2, 0.25) is 11.9 Å². The molecule has 3 rings (SSSR count). The lowest BCUT2D eigenvalue weighted by atomic mass is 10.2. The Morgan fingerprint density at radius 2 is 1.89 bits per heavy atom. The van der Waals surface area contributed by atoms with Crippen molar-refractivity contribution in [1.29, 1.82) is 0 Å². The Morgan fingerprint density at radius 3 is 2.56 bits per heavy atom. The van der Waals surface area contributed by atoms with E-state index in [1.165, 1.54) is 18.5 Å². The van der Waals surface area contributed by atoms with E-state index < -0.39 is 11.9 Å². The fourth-order valence-electron chi connectivity index (χ4n) is 2.18. The van der Waals surface area contributed by atoms with Crippen molar-refractivity contribution < 1.29 is 9.18 Å². The first-order valence-corrected chi connectivity index (χ1v) is 8.26. The van der Waals surface area contributed by atoms with Crippen molar-refractivity contribution >= 4 is 23.4 Å². The number of nitrogens with zero attached hydrogens (tertiary/aromatic N) is 4. The van der Waals surface area contributed by atoms with Gasteiger partial charge in [0, 0.05) is 25.0 Å². The monoisotopic (exact) mass is 367 g/mol. The van der Waals surface area contributed by atoms with E-state index >= 15 is 0 Å². The second kappa shape index (κ2) is 8.65. The van der Waals surface area contributed by atoms with Gasteiger partial charge in [0.15, 0.2) is 0 Å². The summed E-state index contributed by atoms with van der Waals surface area (Å²) >= 11 is 0. The predicted molar refractivity (Wildman–Crippen MR) is 100.0 cm³/mol. The molecule has 3 aromatic rings. The second-order valence-electron chi connectivity index (χ2n) is 5.76. The van der Waals surface area contributed by atoms with E-state index in [4.69, 9.17) is 0 Å². The van der Waals surface area contributed by atoms with Crippen molar-refractivity contribution in [2.24, 2.45) is 0 Å². The Kier molecular flexibility index (Phi) is 5.83. The molecule has 0 saturated carbocycles. The summed E-state index contributed by atoms with van der Waals surface area (Å²) in [6.07, 6.45) is 5.86. The molecule has 0 aliphatic rings. The van der Waals surface area contributed by atoms with Crippen LogP contribution in [0.25, 0.3) is 0 Å². The largest absolute Gasteiger partial charge is 0.368 e. The molecule has 8 nitrogen and oxygen atoms in total. The minimum Gasteiger partial charge on any atom is -0.368 e. The number of pyridine rings is 2. The molecule has 138 valence electrons. The molecular formula is C18H18FN7O. The standard InChI is InChI=1S/C18H18FN7O/c1-12(8-22-16-4-2-3-7-20-16)25-18-23-10-14(11-24-18)26-17(27)13-5-6-15(19)21-9-13/h2-7,9-12H,8H2,1H3,(H,20,22)(H,26,27)(H,23,24,25)/t12-/m0/s1. The number of anilines is 3. The van der Waals surface area contributed by atoms with Gasteiger partial charge in [-0.3, -0.25) is 4.79 Å². The molecule has 0 spiro atoms. The van der Waals surface area contributed by atoms with Crippen LogP contribution in [-0.2, 0) is 0 Å². The molecule has 27 heavy (non-hydrogen) atoms. The predicted octanol–water partition coefficient (Wildman–Crippen LogP) is 2.57. The smallest absolute Gasteiger partial charge is 0.257 e. The van der Waals surface area contributed by atoms with Crippen molar-refractivity contribution in [2.45, 2.75) is 13.0 Å². The van der Waals surface area contributed by atoms with Gasteiger partial charge in [-0.1, -0.05) is 6.07 Å². The summed E-state index contributed by atoms with van der Waals surface area (Å²) in [5, 5.41) is 8.99. The van der Waals surface area contributed by atoms with E-state index in [-0.39, 0.29) is 11.6 Å². The number of nitrogens with one attached hydrogen (secondary N) is 3. The zero-order valence-electron chi connectivity index (χ0n) is 14.6. The van der Waals surface area contributed by atoms with Crippen LogP contribution in [0, 0.1) is 5.95 Å². The summed E-state index contributed by atoms with van der Waals surface area (Å²) in [6, 6.07) is 8.18. The van der Waals surface area contributed by atoms with E-state index in [0.29, 0.717) is 18.2 Å². The zero-order chi connectivity index (χ0) is 19.1. The molecule has 1 amide bonds. The maximum atomic E-state index is 12.8. The van der Waals surface area contributed by atoms with Gasteiger partial charge < -0.3 is 16.0 Å². The van der Waals surface area contributed by atoms with Crippen LogP contribution >= 0.6 is 0 Å². The molecule has 0 radical (unpaired) electrons. The van der Waals surface area contributed by atoms with Crippen molar-refractivity contribution in [3.05, 3.63) is 66.6 Å². The normalized spacial score (nSPS) is 11.5. The van der Waals surface area contributed by atoms with Crippen LogP contribution in [0.1, 0.15) is 17.3 Å². The first-order valence-electron chi connectivity index (χ1n) is 8.26. The molecule has 0 fully saturated rings. The maximum Gasteiger partial charge on any atom is 0.257 e. The Bertz CT molecular complexity index is 872. The summed E-state index contributed by atoms with van der Waals surface area (Å²) < 4.78 is 12.8. The lowest BCUT2D eigenvalue weighted by molar-refractivity contribution is 0.102. The van der Waals surface area contributed by atoms with Crippen LogP contribution in [0.3, 0.4) is 0 Å². The van der Waals surface area contributed by atoms with Crippen molar-refractivity contribution in [3.63, 3.8) is 0 Å². The highest BCUT2D eigenvalue weighted by Crippen LogP contribution is 2.09. The highest BCUT2D eigenvalue weighted by Gasteiger charge is 2.09. The Labute approximate surface area is 155 Å². The number of hydrogen-bond donors (Lipinski definition) is 3. The van der Waals surface area contributed by atoms with Crippen LogP contribution in [-0.4, -0.2) is 38.4 Å². The van der Waals surface area contributed by atoms with Gasteiger partial charge in [0.05, 0.1) is 23.6 Å². The van der Waals surface area contributed by atoms with E-state index in [2.05, 4.69) is 35.9 Å². The fourth-order valence-corrected chi connectivity index (χ4v) is 2.18. The summed E-state index contributed by atoms with van der Waals surface area (Å²) in [6.45, 7) is 2.62. The molecule has 3 heterocycles. The number of halogens is 1. The minimum atomic E-state index is -0.642. The Morgan fingerprint density at radius 1 is 1.07 bits per heavy atom. The summed E-state index contributed by atoms with van der Waals surface area (Å²) in [7, 11) is 0. The van der Waals surface area contributed by atoms with Crippen LogP contribution in [0.15, 0.2) is 55.1 Å². The van der Waals surface area contributed by atoms with Gasteiger partial charge in [-0.2, -0.15) is 4.39 Å². The lowest BCUT2D eigenvalue weighted by Crippen LogP contribution is -2.26. The molecule has 3 aromatic heterocycles. The molecule has 3 N–H and O–H groups in total. The number of carbonyl (C=O) groups is 1. The van der Waals surface area contributed by atoms with Gasteiger partial charge in [0.1, 0.15) is 5.82 Å². The van der Waals surface area contributed by atoms with Gasteiger partial charge in [0.25, 0.3) is 5.91 Å². The lowest BCUT2D eigenvalue weighted by Gasteiger charge is -2.15. The fraction of sp³-hybridized carbons (Fsp3) is 0.167. The molecule has 0 saturated heterocycles. The molecule has 0 unspecified atom stereocenters. The van der Waals surface area contributed by atoms with Gasteiger partial charge in [-0.05, 0) is 31.2 Å². The van der Waals surface area contributed by atoms with Gasteiger partial charge in [-0.25, -0.2) is 19.9 Å².